The average molecular weight is 431 g/mol. The number of amides is 1. The van der Waals surface area contributed by atoms with E-state index in [1.807, 2.05) is 49.4 Å². The van der Waals surface area contributed by atoms with Gasteiger partial charge in [0.1, 0.15) is 6.10 Å². The zero-order chi connectivity index (χ0) is 21.1. The van der Waals surface area contributed by atoms with Crippen molar-refractivity contribution in [2.75, 3.05) is 4.90 Å². The summed E-state index contributed by atoms with van der Waals surface area (Å²) in [4.78, 5) is 33.7. The van der Waals surface area contributed by atoms with Crippen molar-refractivity contribution >= 4 is 38.4 Å². The van der Waals surface area contributed by atoms with E-state index in [4.69, 9.17) is 9.72 Å². The number of fused-ring (bicyclic) bond motifs is 2. The second-order valence-corrected chi connectivity index (χ2v) is 9.62. The summed E-state index contributed by atoms with van der Waals surface area (Å²) in [7, 11) is 0. The summed E-state index contributed by atoms with van der Waals surface area (Å²) < 4.78 is 7.27. The van der Waals surface area contributed by atoms with Gasteiger partial charge in [-0.15, -0.1) is 0 Å². The molecular weight excluding hydrogens is 408 g/mol. The van der Waals surface area contributed by atoms with Crippen LogP contribution in [0.15, 0.2) is 59.9 Å². The Kier molecular flexibility index (Phi) is 4.25. The molecule has 3 aromatic rings. The molecule has 1 saturated carbocycles. The van der Waals surface area contributed by atoms with E-state index >= 15 is 0 Å². The second-order valence-electron chi connectivity index (χ2n) is 8.61. The number of hydrogen-bond donors (Lipinski definition) is 0. The summed E-state index contributed by atoms with van der Waals surface area (Å²) in [6.07, 6.45) is 3.55. The molecule has 2 aromatic carbocycles. The fourth-order valence-corrected chi connectivity index (χ4v) is 6.21. The predicted molar refractivity (Wildman–Crippen MR) is 120 cm³/mol. The van der Waals surface area contributed by atoms with Gasteiger partial charge >= 0.3 is 0 Å². The molecule has 1 aromatic heterocycles. The third-order valence-electron chi connectivity index (χ3n) is 6.62. The van der Waals surface area contributed by atoms with Crippen LogP contribution in [-0.2, 0) is 14.3 Å². The van der Waals surface area contributed by atoms with Gasteiger partial charge in [-0.25, -0.2) is 4.98 Å². The van der Waals surface area contributed by atoms with Crippen LogP contribution in [0.4, 0.5) is 5.13 Å². The Morgan fingerprint density at radius 3 is 2.71 bits per heavy atom. The summed E-state index contributed by atoms with van der Waals surface area (Å²) in [5.74, 6) is -0.0912. The van der Waals surface area contributed by atoms with E-state index in [1.54, 1.807) is 4.90 Å². The fourth-order valence-electron chi connectivity index (χ4n) is 5.12. The highest BCUT2D eigenvalue weighted by Crippen LogP contribution is 2.49. The van der Waals surface area contributed by atoms with Crippen molar-refractivity contribution in [1.82, 2.24) is 4.98 Å². The van der Waals surface area contributed by atoms with Crippen LogP contribution in [-0.4, -0.2) is 22.8 Å². The minimum Gasteiger partial charge on any atom is -0.483 e. The maximum Gasteiger partial charge on any atom is 0.296 e. The van der Waals surface area contributed by atoms with Gasteiger partial charge in [0.25, 0.3) is 5.91 Å². The van der Waals surface area contributed by atoms with Crippen LogP contribution in [0.5, 0.6) is 0 Å². The van der Waals surface area contributed by atoms with Gasteiger partial charge in [0.2, 0.25) is 0 Å². The highest BCUT2D eigenvalue weighted by molar-refractivity contribution is 7.22. The number of nitrogens with zero attached hydrogens (tertiary/aromatic N) is 2. The van der Waals surface area contributed by atoms with Crippen LogP contribution >= 0.6 is 11.3 Å². The number of carbonyl (C=O) groups is 2. The van der Waals surface area contributed by atoms with Gasteiger partial charge in [-0.05, 0) is 49.4 Å². The molecule has 0 saturated heterocycles. The van der Waals surface area contributed by atoms with Crippen LogP contribution in [0, 0.1) is 12.8 Å². The molecule has 3 heterocycles. The number of anilines is 1. The topological polar surface area (TPSA) is 59.5 Å². The number of Topliss-reactive ketones (excluding diaryl/α,β-unsaturated/α-hetero) is 1. The van der Waals surface area contributed by atoms with Crippen molar-refractivity contribution in [2.24, 2.45) is 5.92 Å². The third-order valence-corrected chi connectivity index (χ3v) is 7.63. The van der Waals surface area contributed by atoms with Gasteiger partial charge in [0, 0.05) is 0 Å². The Bertz CT molecular complexity index is 1250. The Hall–Kier alpha value is -2.99. The first-order chi connectivity index (χ1) is 15.1. The number of rotatable bonds is 2. The second kappa shape index (κ2) is 7.02. The summed E-state index contributed by atoms with van der Waals surface area (Å²) in [6, 6.07) is 15.3. The van der Waals surface area contributed by atoms with Gasteiger partial charge in [-0.1, -0.05) is 54.2 Å². The van der Waals surface area contributed by atoms with Crippen LogP contribution in [0.2, 0.25) is 0 Å². The van der Waals surface area contributed by atoms with Crippen molar-refractivity contribution < 1.29 is 14.3 Å². The van der Waals surface area contributed by atoms with Crippen molar-refractivity contribution in [2.45, 2.75) is 44.8 Å². The van der Waals surface area contributed by atoms with Crippen molar-refractivity contribution in [3.63, 3.8) is 0 Å². The van der Waals surface area contributed by atoms with Crippen molar-refractivity contribution in [3.05, 3.63) is 71.0 Å². The molecule has 3 aliphatic rings. The number of hydrogen-bond acceptors (Lipinski definition) is 5. The molecule has 0 radical (unpaired) electrons. The molecule has 2 aliphatic heterocycles. The molecule has 3 unspecified atom stereocenters. The van der Waals surface area contributed by atoms with Gasteiger partial charge in [-0.3, -0.25) is 14.5 Å². The minimum atomic E-state index is -0.499. The molecule has 3 atom stereocenters. The smallest absolute Gasteiger partial charge is 0.296 e. The normalized spacial score (nSPS) is 25.6. The largest absolute Gasteiger partial charge is 0.483 e. The van der Waals surface area contributed by atoms with E-state index in [2.05, 4.69) is 6.07 Å². The molecule has 1 fully saturated rings. The van der Waals surface area contributed by atoms with Gasteiger partial charge in [-0.2, -0.15) is 0 Å². The summed E-state index contributed by atoms with van der Waals surface area (Å²) in [6.45, 7) is 2.04. The monoisotopic (exact) mass is 430 g/mol. The average Bonchev–Trinajstić information content (AvgIpc) is 3.33. The zero-order valence-electron chi connectivity index (χ0n) is 17.2. The SMILES string of the molecule is Cc1ccc2nc(N3C(=O)C4=C(C(=O)C5CCCCC5O4)C3c3ccccc3)sc2c1. The van der Waals surface area contributed by atoms with E-state index in [1.165, 1.54) is 11.3 Å². The molecule has 0 N–H and O–H groups in total. The van der Waals surface area contributed by atoms with E-state index in [-0.39, 0.29) is 29.5 Å². The van der Waals surface area contributed by atoms with Crippen LogP contribution in [0.3, 0.4) is 0 Å². The number of thiazole rings is 1. The van der Waals surface area contributed by atoms with Crippen molar-refractivity contribution in [1.29, 1.82) is 0 Å². The molecular formula is C25H22N2O3S. The molecule has 5 nitrogen and oxygen atoms in total. The first-order valence-corrected chi connectivity index (χ1v) is 11.6. The first kappa shape index (κ1) is 18.8. The number of carbonyl (C=O) groups excluding carboxylic acids is 2. The first-order valence-electron chi connectivity index (χ1n) is 10.8. The van der Waals surface area contributed by atoms with E-state index in [0.717, 1.165) is 47.0 Å². The van der Waals surface area contributed by atoms with Crippen LogP contribution in [0.25, 0.3) is 10.2 Å². The predicted octanol–water partition coefficient (Wildman–Crippen LogP) is 5.10. The lowest BCUT2D eigenvalue weighted by molar-refractivity contribution is -0.131. The van der Waals surface area contributed by atoms with Gasteiger partial charge in [0.15, 0.2) is 16.7 Å². The standard InChI is InChI=1S/C25H22N2O3S/c1-14-11-12-17-19(13-14)31-25(26-17)27-21(15-7-3-2-4-8-15)20-22(28)16-9-5-6-10-18(16)30-23(20)24(27)29/h2-4,7-8,11-13,16,18,21H,5-6,9-10H2,1H3. The zero-order valence-corrected chi connectivity index (χ0v) is 18.0. The van der Waals surface area contributed by atoms with Crippen molar-refractivity contribution in [3.8, 4) is 0 Å². The number of benzene rings is 2. The maximum atomic E-state index is 13.6. The maximum absolute atomic E-state index is 13.6. The minimum absolute atomic E-state index is 0.0765. The van der Waals surface area contributed by atoms with E-state index in [0.29, 0.717) is 10.7 Å². The summed E-state index contributed by atoms with van der Waals surface area (Å²) in [5.41, 5.74) is 3.42. The summed E-state index contributed by atoms with van der Waals surface area (Å²) >= 11 is 1.48. The molecule has 1 aliphatic carbocycles. The van der Waals surface area contributed by atoms with E-state index in [9.17, 15) is 9.59 Å². The Labute approximate surface area is 184 Å². The lowest BCUT2D eigenvalue weighted by Crippen LogP contribution is -2.39. The molecule has 31 heavy (non-hydrogen) atoms. The Morgan fingerprint density at radius 1 is 1.06 bits per heavy atom. The lowest BCUT2D eigenvalue weighted by atomic mass is 9.77. The third kappa shape index (κ3) is 2.85. The number of ketones is 1. The van der Waals surface area contributed by atoms with Gasteiger partial charge in [0.05, 0.1) is 27.7 Å². The number of aromatic nitrogens is 1. The molecule has 0 bridgehead atoms. The molecule has 156 valence electrons. The molecule has 6 heteroatoms. The fraction of sp³-hybridized carbons (Fsp3) is 0.320. The highest BCUT2D eigenvalue weighted by atomic mass is 32.1. The highest BCUT2D eigenvalue weighted by Gasteiger charge is 2.53. The number of aryl methyl sites for hydroxylation is 1. The quantitative estimate of drug-likeness (QED) is 0.567. The van der Waals surface area contributed by atoms with Crippen LogP contribution < -0.4 is 4.90 Å². The molecule has 6 rings (SSSR count). The summed E-state index contributed by atoms with van der Waals surface area (Å²) in [5, 5.41) is 0.605. The molecule has 1 amide bonds. The van der Waals surface area contributed by atoms with E-state index < -0.39 is 6.04 Å². The van der Waals surface area contributed by atoms with Gasteiger partial charge < -0.3 is 4.74 Å². The Morgan fingerprint density at radius 2 is 1.87 bits per heavy atom. The number of ether oxygens (including phenoxy) is 1. The lowest BCUT2D eigenvalue weighted by Gasteiger charge is -2.35. The van der Waals surface area contributed by atoms with Crippen LogP contribution in [0.1, 0.15) is 42.9 Å². The Balaban J connectivity index is 1.51. The molecule has 0 spiro atoms.